The third-order valence-corrected chi connectivity index (χ3v) is 6.93. The molecule has 0 saturated heterocycles. The molecule has 1 amide bonds. The van der Waals surface area contributed by atoms with Crippen molar-refractivity contribution in [2.45, 2.75) is 31.8 Å². The molecule has 0 unspecified atom stereocenters. The zero-order valence-electron chi connectivity index (χ0n) is 21.6. The molecule has 1 aliphatic rings. The van der Waals surface area contributed by atoms with Crippen LogP contribution in [0, 0.1) is 0 Å². The number of amides is 1. The zero-order chi connectivity index (χ0) is 27.8. The number of anilines is 1. The second-order valence-corrected chi connectivity index (χ2v) is 9.69. The number of hydrogen-bond acceptors (Lipinski definition) is 6. The highest BCUT2D eigenvalue weighted by Crippen LogP contribution is 2.32. The molecule has 1 saturated carbocycles. The quantitative estimate of drug-likeness (QED) is 0.283. The molecule has 202 valence electrons. The normalized spacial score (nSPS) is 13.1. The molecule has 1 N–H and O–H groups in total. The Hall–Kier alpha value is -4.93. The van der Waals surface area contributed by atoms with Gasteiger partial charge in [-0.05, 0) is 43.5 Å². The maximum atomic E-state index is 13.5. The number of halogens is 1. The van der Waals surface area contributed by atoms with Crippen molar-refractivity contribution in [3.63, 3.8) is 0 Å². The molecule has 4 heterocycles. The van der Waals surface area contributed by atoms with Crippen LogP contribution in [0.2, 0.25) is 0 Å². The molecule has 4 aromatic heterocycles. The molecule has 11 heteroatoms. The Balaban J connectivity index is 1.36. The van der Waals surface area contributed by atoms with Gasteiger partial charge in [0.1, 0.15) is 17.2 Å². The highest BCUT2D eigenvalue weighted by atomic mass is 19.1. The largest absolute Gasteiger partial charge is 0.333 e. The van der Waals surface area contributed by atoms with Crippen LogP contribution in [0.3, 0.4) is 0 Å². The topological polar surface area (TPSA) is 119 Å². The number of H-pyrrole nitrogens is 1. The Kier molecular flexibility index (Phi) is 6.54. The number of nitrogens with one attached hydrogen (secondary N) is 1. The van der Waals surface area contributed by atoms with Gasteiger partial charge in [-0.1, -0.05) is 24.3 Å². The maximum Gasteiger partial charge on any atom is 0.333 e. The van der Waals surface area contributed by atoms with E-state index in [1.54, 1.807) is 24.3 Å². The summed E-state index contributed by atoms with van der Waals surface area (Å²) in [4.78, 5) is 57.5. The van der Waals surface area contributed by atoms with Gasteiger partial charge in [0.15, 0.2) is 5.65 Å². The lowest BCUT2D eigenvalue weighted by Gasteiger charge is -2.21. The predicted molar refractivity (Wildman–Crippen MR) is 150 cm³/mol. The first-order valence-corrected chi connectivity index (χ1v) is 13.0. The van der Waals surface area contributed by atoms with E-state index >= 15 is 0 Å². The fourth-order valence-electron chi connectivity index (χ4n) is 4.79. The van der Waals surface area contributed by atoms with Crippen molar-refractivity contribution in [2.24, 2.45) is 0 Å². The molecule has 1 aromatic carbocycles. The summed E-state index contributed by atoms with van der Waals surface area (Å²) in [5, 5.41) is 0.822. The van der Waals surface area contributed by atoms with Gasteiger partial charge in [0.2, 0.25) is 0 Å². The van der Waals surface area contributed by atoms with Crippen molar-refractivity contribution in [3.05, 3.63) is 93.9 Å². The third kappa shape index (κ3) is 4.49. The lowest BCUT2D eigenvalue weighted by molar-refractivity contribution is 0.0985. The van der Waals surface area contributed by atoms with Gasteiger partial charge < -0.3 is 4.98 Å². The van der Waals surface area contributed by atoms with Crippen LogP contribution in [0.25, 0.3) is 33.5 Å². The van der Waals surface area contributed by atoms with Crippen LogP contribution in [0.4, 0.5) is 10.2 Å². The number of pyridine rings is 2. The van der Waals surface area contributed by atoms with Crippen molar-refractivity contribution < 1.29 is 9.18 Å². The van der Waals surface area contributed by atoms with Crippen LogP contribution < -0.4 is 16.1 Å². The van der Waals surface area contributed by atoms with Crippen molar-refractivity contribution in [3.8, 4) is 11.4 Å². The molecule has 5 aromatic rings. The highest BCUT2D eigenvalue weighted by molar-refractivity contribution is 6.07. The number of aromatic amines is 1. The van der Waals surface area contributed by atoms with Gasteiger partial charge in [-0.3, -0.25) is 33.0 Å². The van der Waals surface area contributed by atoms with E-state index in [1.165, 1.54) is 26.4 Å². The number of nitrogens with zero attached hydrogens (tertiary/aromatic N) is 6. The first-order valence-electron chi connectivity index (χ1n) is 13.0. The monoisotopic (exact) mass is 539 g/mol. The van der Waals surface area contributed by atoms with E-state index in [9.17, 15) is 18.8 Å². The fraction of sp³-hybridized carbons (Fsp3) is 0.241. The lowest BCUT2D eigenvalue weighted by Crippen LogP contribution is -2.39. The van der Waals surface area contributed by atoms with Gasteiger partial charge in [-0.2, -0.15) is 0 Å². The smallest absolute Gasteiger partial charge is 0.332 e. The van der Waals surface area contributed by atoms with Gasteiger partial charge in [-0.15, -0.1) is 6.58 Å². The van der Waals surface area contributed by atoms with Crippen molar-refractivity contribution in [2.75, 3.05) is 18.1 Å². The number of benzene rings is 1. The molecule has 40 heavy (non-hydrogen) atoms. The fourth-order valence-corrected chi connectivity index (χ4v) is 4.79. The van der Waals surface area contributed by atoms with Gasteiger partial charge in [0.25, 0.3) is 11.5 Å². The molecular formula is C29H26FN7O3. The SMILES string of the molecule is C=CCn1c(=O)n(C2CC2)c(=O)c2[nH]c(-c3ccc(N(CCCF)C(=O)c4cnc5ccccc5c4)nc3)nc21. The Morgan fingerprint density at radius 1 is 1.15 bits per heavy atom. The third-order valence-electron chi connectivity index (χ3n) is 6.93. The minimum absolute atomic E-state index is 0.0983. The van der Waals surface area contributed by atoms with E-state index in [-0.39, 0.29) is 42.6 Å². The van der Waals surface area contributed by atoms with Gasteiger partial charge in [0.05, 0.1) is 17.8 Å². The summed E-state index contributed by atoms with van der Waals surface area (Å²) in [5.41, 5.74) is 1.36. The summed E-state index contributed by atoms with van der Waals surface area (Å²) in [5.74, 6) is 0.355. The van der Waals surface area contributed by atoms with E-state index in [2.05, 4.69) is 26.5 Å². The first kappa shape index (κ1) is 25.4. The Bertz CT molecular complexity index is 1870. The van der Waals surface area contributed by atoms with Crippen molar-refractivity contribution in [1.29, 1.82) is 0 Å². The number of carbonyl (C=O) groups excluding carboxylic acids is 1. The molecule has 0 aliphatic heterocycles. The second-order valence-electron chi connectivity index (χ2n) is 9.69. The van der Waals surface area contributed by atoms with E-state index in [1.807, 2.05) is 24.3 Å². The minimum atomic E-state index is -0.582. The van der Waals surface area contributed by atoms with Crippen LogP contribution in [-0.4, -0.2) is 48.2 Å². The second kappa shape index (κ2) is 10.3. The number of para-hydroxylation sites is 1. The number of fused-ring (bicyclic) bond motifs is 2. The van der Waals surface area contributed by atoms with Gasteiger partial charge >= 0.3 is 5.69 Å². The van der Waals surface area contributed by atoms with Crippen LogP contribution >= 0.6 is 0 Å². The van der Waals surface area contributed by atoms with E-state index in [0.717, 1.165) is 23.7 Å². The molecule has 6 rings (SSSR count). The van der Waals surface area contributed by atoms with Crippen LogP contribution in [0.5, 0.6) is 0 Å². The number of allylic oxidation sites excluding steroid dienone is 1. The zero-order valence-corrected chi connectivity index (χ0v) is 21.6. The lowest BCUT2D eigenvalue weighted by atomic mass is 10.1. The standard InChI is InChI=1S/C29H26FN7O3/c1-2-13-36-26-24(28(39)37(29(36)40)21-9-10-21)33-25(34-26)19-8-11-23(32-16-19)35(14-5-12-30)27(38)20-15-18-6-3-4-7-22(18)31-17-20/h2-4,6-8,11,15-17,21H,1,5,9-10,12-14H2,(H,33,34). The molecule has 0 atom stereocenters. The Labute approximate surface area is 227 Å². The average molecular weight is 540 g/mol. The van der Waals surface area contributed by atoms with E-state index in [4.69, 9.17) is 0 Å². The van der Waals surface area contributed by atoms with Crippen molar-refractivity contribution in [1.82, 2.24) is 29.1 Å². The molecule has 0 bridgehead atoms. The highest BCUT2D eigenvalue weighted by Gasteiger charge is 2.30. The molecule has 1 fully saturated rings. The predicted octanol–water partition coefficient (Wildman–Crippen LogP) is 4.02. The maximum absolute atomic E-state index is 13.5. The number of rotatable bonds is 9. The first-order chi connectivity index (χ1) is 19.5. The summed E-state index contributed by atoms with van der Waals surface area (Å²) in [6.45, 7) is 3.48. The van der Waals surface area contributed by atoms with E-state index in [0.29, 0.717) is 22.8 Å². The number of alkyl halides is 1. The molecule has 0 spiro atoms. The number of hydrogen-bond donors (Lipinski definition) is 1. The van der Waals surface area contributed by atoms with Crippen molar-refractivity contribution >= 4 is 33.8 Å². The Morgan fingerprint density at radius 3 is 2.70 bits per heavy atom. The summed E-state index contributed by atoms with van der Waals surface area (Å²) in [7, 11) is 0. The van der Waals surface area contributed by atoms with Gasteiger partial charge in [0, 0.05) is 42.5 Å². The summed E-state index contributed by atoms with van der Waals surface area (Å²) in [6, 6.07) is 12.5. The summed E-state index contributed by atoms with van der Waals surface area (Å²) < 4.78 is 15.8. The van der Waals surface area contributed by atoms with E-state index < -0.39 is 17.9 Å². The number of carbonyl (C=O) groups is 1. The number of imidazole rings is 1. The van der Waals surface area contributed by atoms with Crippen LogP contribution in [0.1, 0.15) is 35.7 Å². The number of aromatic nitrogens is 6. The molecule has 0 radical (unpaired) electrons. The van der Waals surface area contributed by atoms with Gasteiger partial charge in [-0.25, -0.2) is 14.8 Å². The molecule has 10 nitrogen and oxygen atoms in total. The summed E-state index contributed by atoms with van der Waals surface area (Å²) in [6.07, 6.45) is 6.33. The minimum Gasteiger partial charge on any atom is -0.332 e. The van der Waals surface area contributed by atoms with Crippen LogP contribution in [-0.2, 0) is 6.54 Å². The molecular weight excluding hydrogens is 513 g/mol. The average Bonchev–Trinajstić information content (AvgIpc) is 3.71. The van der Waals surface area contributed by atoms with Crippen LogP contribution in [0.15, 0.2) is 77.1 Å². The summed E-state index contributed by atoms with van der Waals surface area (Å²) >= 11 is 0. The Morgan fingerprint density at radius 2 is 1.98 bits per heavy atom. The molecule has 1 aliphatic carbocycles.